The molecule has 0 aromatic heterocycles. The zero-order valence-corrected chi connectivity index (χ0v) is 17.3. The number of methoxy groups -OCH3 is 3. The van der Waals surface area contributed by atoms with Crippen LogP contribution in [0.25, 0.3) is 0 Å². The summed E-state index contributed by atoms with van der Waals surface area (Å²) in [5, 5.41) is 8.84. The maximum Gasteiger partial charge on any atom is 0.253 e. The molecule has 0 unspecified atom stereocenters. The second kappa shape index (κ2) is 11.1. The van der Waals surface area contributed by atoms with E-state index in [2.05, 4.69) is 16.0 Å². The first-order chi connectivity index (χ1) is 14.0. The molecule has 0 aliphatic heterocycles. The van der Waals surface area contributed by atoms with Crippen molar-refractivity contribution in [2.24, 2.45) is 0 Å². The average molecular weight is 422 g/mol. The lowest BCUT2D eigenvalue weighted by Crippen LogP contribution is -2.28. The molecule has 0 heterocycles. The summed E-state index contributed by atoms with van der Waals surface area (Å²) in [6, 6.07) is 10.1. The predicted octanol–water partition coefficient (Wildman–Crippen LogP) is 2.78. The Kier molecular flexibility index (Phi) is 8.57. The quantitative estimate of drug-likeness (QED) is 0.510. The molecule has 0 saturated carbocycles. The Hall–Kier alpha value is -2.97. The average Bonchev–Trinajstić information content (AvgIpc) is 2.73. The van der Waals surface area contributed by atoms with E-state index in [1.807, 2.05) is 0 Å². The Morgan fingerprint density at radius 1 is 1.00 bits per heavy atom. The number of carbonyl (C=O) groups is 2. The second-order valence-electron chi connectivity index (χ2n) is 5.88. The van der Waals surface area contributed by atoms with Gasteiger partial charge in [-0.05, 0) is 12.1 Å². The van der Waals surface area contributed by atoms with Crippen LogP contribution < -0.4 is 25.4 Å². The summed E-state index contributed by atoms with van der Waals surface area (Å²) in [6.45, 7) is 0.745. The zero-order chi connectivity index (χ0) is 21.2. The maximum absolute atomic E-state index is 12.4. The third kappa shape index (κ3) is 6.27. The van der Waals surface area contributed by atoms with Crippen molar-refractivity contribution in [3.63, 3.8) is 0 Å². The van der Waals surface area contributed by atoms with Gasteiger partial charge in [0.2, 0.25) is 5.91 Å². The van der Waals surface area contributed by atoms with E-state index in [1.54, 1.807) is 43.5 Å². The Labute approximate surface area is 174 Å². The van der Waals surface area contributed by atoms with Crippen LogP contribution in [-0.2, 0) is 9.53 Å². The highest BCUT2D eigenvalue weighted by atomic mass is 35.5. The molecule has 0 aliphatic carbocycles. The molecule has 2 aromatic rings. The number of nitrogens with one attached hydrogen (secondary N) is 3. The van der Waals surface area contributed by atoms with Gasteiger partial charge in [-0.1, -0.05) is 23.7 Å². The van der Waals surface area contributed by atoms with Crippen molar-refractivity contribution in [3.8, 4) is 11.5 Å². The summed E-state index contributed by atoms with van der Waals surface area (Å²) < 4.78 is 15.3. The Balaban J connectivity index is 2.04. The van der Waals surface area contributed by atoms with Gasteiger partial charge in [0.05, 0.1) is 43.6 Å². The highest BCUT2D eigenvalue weighted by Crippen LogP contribution is 2.35. The van der Waals surface area contributed by atoms with Gasteiger partial charge in [-0.3, -0.25) is 9.59 Å². The SMILES string of the molecule is COCCNC(=O)c1ccccc1NCC(=O)Nc1cc(OC)c(Cl)cc1OC. The lowest BCUT2D eigenvalue weighted by Gasteiger charge is -2.15. The Bertz CT molecular complexity index is 860. The van der Waals surface area contributed by atoms with Gasteiger partial charge in [-0.2, -0.15) is 0 Å². The number of para-hydroxylation sites is 1. The van der Waals surface area contributed by atoms with E-state index in [0.29, 0.717) is 46.6 Å². The molecule has 29 heavy (non-hydrogen) atoms. The smallest absolute Gasteiger partial charge is 0.253 e. The lowest BCUT2D eigenvalue weighted by molar-refractivity contribution is -0.114. The molecule has 9 heteroatoms. The van der Waals surface area contributed by atoms with Crippen LogP contribution >= 0.6 is 11.6 Å². The highest BCUT2D eigenvalue weighted by molar-refractivity contribution is 6.32. The summed E-state index contributed by atoms with van der Waals surface area (Å²) in [5.41, 5.74) is 1.39. The summed E-state index contributed by atoms with van der Waals surface area (Å²) in [6.07, 6.45) is 0. The van der Waals surface area contributed by atoms with E-state index in [4.69, 9.17) is 25.8 Å². The molecular formula is C20H24ClN3O5. The van der Waals surface area contributed by atoms with Gasteiger partial charge >= 0.3 is 0 Å². The van der Waals surface area contributed by atoms with Crippen molar-refractivity contribution in [1.29, 1.82) is 0 Å². The highest BCUT2D eigenvalue weighted by Gasteiger charge is 2.14. The molecule has 0 radical (unpaired) electrons. The normalized spacial score (nSPS) is 10.2. The van der Waals surface area contributed by atoms with Crippen LogP contribution in [-0.4, -0.2) is 52.8 Å². The zero-order valence-electron chi connectivity index (χ0n) is 16.5. The van der Waals surface area contributed by atoms with Crippen molar-refractivity contribution in [2.45, 2.75) is 0 Å². The lowest BCUT2D eigenvalue weighted by atomic mass is 10.1. The van der Waals surface area contributed by atoms with Crippen LogP contribution in [0.4, 0.5) is 11.4 Å². The number of benzene rings is 2. The third-order valence-electron chi connectivity index (χ3n) is 3.95. The first-order valence-electron chi connectivity index (χ1n) is 8.81. The van der Waals surface area contributed by atoms with E-state index in [-0.39, 0.29) is 18.4 Å². The topological polar surface area (TPSA) is 97.9 Å². The molecule has 0 bridgehead atoms. The number of anilines is 2. The van der Waals surface area contributed by atoms with Crippen molar-refractivity contribution < 1.29 is 23.8 Å². The third-order valence-corrected chi connectivity index (χ3v) is 4.25. The van der Waals surface area contributed by atoms with E-state index >= 15 is 0 Å². The first kappa shape index (κ1) is 22.3. The predicted molar refractivity (Wildman–Crippen MR) is 112 cm³/mol. The fourth-order valence-corrected chi connectivity index (χ4v) is 2.76. The largest absolute Gasteiger partial charge is 0.495 e. The summed E-state index contributed by atoms with van der Waals surface area (Å²) in [5.74, 6) is 0.229. The van der Waals surface area contributed by atoms with Crippen molar-refractivity contribution >= 4 is 34.8 Å². The van der Waals surface area contributed by atoms with E-state index in [9.17, 15) is 9.59 Å². The summed E-state index contributed by atoms with van der Waals surface area (Å²) >= 11 is 6.07. The fraction of sp³-hybridized carbons (Fsp3) is 0.300. The molecule has 156 valence electrons. The van der Waals surface area contributed by atoms with Gasteiger partial charge in [0.25, 0.3) is 5.91 Å². The maximum atomic E-state index is 12.4. The van der Waals surface area contributed by atoms with Crippen LogP contribution in [0.15, 0.2) is 36.4 Å². The van der Waals surface area contributed by atoms with E-state index in [0.717, 1.165) is 0 Å². The van der Waals surface area contributed by atoms with Gasteiger partial charge in [-0.25, -0.2) is 0 Å². The molecule has 0 atom stereocenters. The van der Waals surface area contributed by atoms with E-state index in [1.165, 1.54) is 14.2 Å². The molecule has 2 aromatic carbocycles. The van der Waals surface area contributed by atoms with Crippen LogP contribution in [0, 0.1) is 0 Å². The Morgan fingerprint density at radius 3 is 2.41 bits per heavy atom. The van der Waals surface area contributed by atoms with Crippen LogP contribution in [0.1, 0.15) is 10.4 Å². The molecular weight excluding hydrogens is 398 g/mol. The summed E-state index contributed by atoms with van der Waals surface area (Å²) in [7, 11) is 4.52. The van der Waals surface area contributed by atoms with Crippen molar-refractivity contribution in [3.05, 3.63) is 47.0 Å². The minimum Gasteiger partial charge on any atom is -0.495 e. The second-order valence-corrected chi connectivity index (χ2v) is 6.29. The fourth-order valence-electron chi connectivity index (χ4n) is 2.53. The molecule has 2 rings (SSSR count). The van der Waals surface area contributed by atoms with Gasteiger partial charge in [0.15, 0.2) is 0 Å². The minimum absolute atomic E-state index is 0.0591. The van der Waals surface area contributed by atoms with Gasteiger partial charge < -0.3 is 30.2 Å². The van der Waals surface area contributed by atoms with Crippen molar-refractivity contribution in [1.82, 2.24) is 5.32 Å². The molecule has 8 nitrogen and oxygen atoms in total. The molecule has 3 N–H and O–H groups in total. The van der Waals surface area contributed by atoms with Crippen LogP contribution in [0.5, 0.6) is 11.5 Å². The molecule has 0 aliphatic rings. The molecule has 0 saturated heterocycles. The standard InChI is InChI=1S/C20H24ClN3O5/c1-27-9-8-22-20(26)13-6-4-5-7-15(13)23-12-19(25)24-16-11-17(28-2)14(21)10-18(16)29-3/h4-7,10-11,23H,8-9,12H2,1-3H3,(H,22,26)(H,24,25). The van der Waals surface area contributed by atoms with Crippen molar-refractivity contribution in [2.75, 3.05) is 51.7 Å². The number of carbonyl (C=O) groups excluding carboxylic acids is 2. The number of rotatable bonds is 10. The monoisotopic (exact) mass is 421 g/mol. The number of halogens is 1. The van der Waals surface area contributed by atoms with Gasteiger partial charge in [-0.15, -0.1) is 0 Å². The number of hydrogen-bond donors (Lipinski definition) is 3. The minimum atomic E-state index is -0.331. The number of amides is 2. The number of hydrogen-bond acceptors (Lipinski definition) is 6. The first-order valence-corrected chi connectivity index (χ1v) is 9.19. The van der Waals surface area contributed by atoms with Crippen LogP contribution in [0.3, 0.4) is 0 Å². The molecule has 2 amide bonds. The Morgan fingerprint density at radius 2 is 1.72 bits per heavy atom. The molecule has 0 spiro atoms. The van der Waals surface area contributed by atoms with Gasteiger partial charge in [0, 0.05) is 31.5 Å². The van der Waals surface area contributed by atoms with Gasteiger partial charge in [0.1, 0.15) is 11.5 Å². The number of ether oxygens (including phenoxy) is 3. The summed E-state index contributed by atoms with van der Waals surface area (Å²) in [4.78, 5) is 24.7. The molecule has 0 fully saturated rings. The van der Waals surface area contributed by atoms with E-state index < -0.39 is 0 Å². The van der Waals surface area contributed by atoms with Crippen LogP contribution in [0.2, 0.25) is 5.02 Å².